The Hall–Kier alpha value is -1.76. The van der Waals surface area contributed by atoms with Gasteiger partial charge in [-0.25, -0.2) is 4.98 Å². The summed E-state index contributed by atoms with van der Waals surface area (Å²) in [5, 5.41) is 3.52. The van der Waals surface area contributed by atoms with Gasteiger partial charge in [-0.15, -0.1) is 11.3 Å². The summed E-state index contributed by atoms with van der Waals surface area (Å²) in [6.45, 7) is 3.14. The fourth-order valence-electron chi connectivity index (χ4n) is 2.65. The summed E-state index contributed by atoms with van der Waals surface area (Å²) in [5.41, 5.74) is 7.37. The van der Waals surface area contributed by atoms with Crippen LogP contribution in [0.3, 0.4) is 0 Å². The number of aromatic nitrogens is 1. The van der Waals surface area contributed by atoms with E-state index in [1.54, 1.807) is 0 Å². The first-order chi connectivity index (χ1) is 11.1. The molecule has 5 nitrogen and oxygen atoms in total. The summed E-state index contributed by atoms with van der Waals surface area (Å²) < 4.78 is 5.29. The maximum Gasteiger partial charge on any atom is 0.246 e. The Morgan fingerprint density at radius 1 is 1.35 bits per heavy atom. The number of amides is 1. The Bertz CT molecular complexity index is 678. The van der Waals surface area contributed by atoms with Crippen molar-refractivity contribution in [2.45, 2.75) is 31.7 Å². The predicted molar refractivity (Wildman–Crippen MR) is 92.5 cm³/mol. The summed E-state index contributed by atoms with van der Waals surface area (Å²) in [6, 6.07) is 10.0. The van der Waals surface area contributed by atoms with Crippen LogP contribution in [0.15, 0.2) is 30.3 Å². The number of nitrogens with zero attached hydrogens (tertiary/aromatic N) is 1. The van der Waals surface area contributed by atoms with Gasteiger partial charge in [-0.1, -0.05) is 37.3 Å². The van der Waals surface area contributed by atoms with Crippen molar-refractivity contribution < 1.29 is 9.53 Å². The van der Waals surface area contributed by atoms with E-state index in [1.165, 1.54) is 11.3 Å². The smallest absolute Gasteiger partial charge is 0.246 e. The Balaban J connectivity index is 1.81. The van der Waals surface area contributed by atoms with Gasteiger partial charge in [-0.2, -0.15) is 0 Å². The van der Waals surface area contributed by atoms with E-state index in [2.05, 4.69) is 17.2 Å². The fourth-order valence-corrected chi connectivity index (χ4v) is 3.57. The third-order valence-corrected chi connectivity index (χ3v) is 5.24. The maximum absolute atomic E-state index is 12.5. The molecule has 23 heavy (non-hydrogen) atoms. The van der Waals surface area contributed by atoms with Crippen molar-refractivity contribution in [2.24, 2.45) is 5.73 Å². The molecule has 0 atom stereocenters. The molecular formula is C17H21N3O2S. The van der Waals surface area contributed by atoms with Crippen molar-refractivity contribution in [1.29, 1.82) is 0 Å². The second kappa shape index (κ2) is 6.78. The highest BCUT2D eigenvalue weighted by atomic mass is 32.1. The van der Waals surface area contributed by atoms with Gasteiger partial charge in [0.25, 0.3) is 0 Å². The Kier molecular flexibility index (Phi) is 4.75. The quantitative estimate of drug-likeness (QED) is 0.903. The highest BCUT2D eigenvalue weighted by Gasteiger charge is 2.36. The zero-order valence-corrected chi connectivity index (χ0v) is 14.0. The molecule has 0 aliphatic carbocycles. The molecule has 6 heteroatoms. The molecule has 0 bridgehead atoms. The number of nitrogens with one attached hydrogen (secondary N) is 1. The van der Waals surface area contributed by atoms with Gasteiger partial charge < -0.3 is 15.8 Å². The first kappa shape index (κ1) is 16.1. The largest absolute Gasteiger partial charge is 0.381 e. The van der Waals surface area contributed by atoms with Crippen LogP contribution < -0.4 is 11.1 Å². The molecule has 1 aromatic heterocycles. The number of thiazole rings is 1. The molecular weight excluding hydrogens is 310 g/mol. The minimum Gasteiger partial charge on any atom is -0.381 e. The third kappa shape index (κ3) is 3.44. The minimum absolute atomic E-state index is 0.170. The molecule has 0 spiro atoms. The molecule has 1 aliphatic rings. The Morgan fingerprint density at radius 2 is 2.04 bits per heavy atom. The van der Waals surface area contributed by atoms with E-state index in [-0.39, 0.29) is 5.91 Å². The lowest BCUT2D eigenvalue weighted by molar-refractivity contribution is -0.124. The zero-order valence-electron chi connectivity index (χ0n) is 13.2. The van der Waals surface area contributed by atoms with E-state index < -0.39 is 5.54 Å². The molecule has 0 unspecified atom stereocenters. The Labute approximate surface area is 139 Å². The molecule has 122 valence electrons. The SMILES string of the molecule is CCc1sc(NC(=O)C2(N)CCOCC2)nc1-c1ccccc1. The molecule has 3 N–H and O–H groups in total. The summed E-state index contributed by atoms with van der Waals surface area (Å²) >= 11 is 1.52. The Morgan fingerprint density at radius 3 is 2.70 bits per heavy atom. The third-order valence-electron chi connectivity index (χ3n) is 4.12. The van der Waals surface area contributed by atoms with Crippen LogP contribution in [0.5, 0.6) is 0 Å². The van der Waals surface area contributed by atoms with Crippen LogP contribution in [-0.2, 0) is 16.0 Å². The topological polar surface area (TPSA) is 77.2 Å². The van der Waals surface area contributed by atoms with Crippen molar-refractivity contribution >= 4 is 22.4 Å². The van der Waals surface area contributed by atoms with Gasteiger partial charge in [0, 0.05) is 23.7 Å². The van der Waals surface area contributed by atoms with Gasteiger partial charge in [0.15, 0.2) is 5.13 Å². The minimum atomic E-state index is -0.858. The van der Waals surface area contributed by atoms with Crippen LogP contribution in [0.2, 0.25) is 0 Å². The van der Waals surface area contributed by atoms with Gasteiger partial charge >= 0.3 is 0 Å². The molecule has 1 aromatic carbocycles. The number of carbonyl (C=O) groups excluding carboxylic acids is 1. The zero-order chi connectivity index (χ0) is 16.3. The van der Waals surface area contributed by atoms with Gasteiger partial charge in [0.1, 0.15) is 5.54 Å². The first-order valence-corrected chi connectivity index (χ1v) is 8.67. The number of aryl methyl sites for hydroxylation is 1. The van der Waals surface area contributed by atoms with E-state index in [0.29, 0.717) is 31.2 Å². The number of ether oxygens (including phenoxy) is 1. The number of hydrogen-bond donors (Lipinski definition) is 2. The van der Waals surface area contributed by atoms with Crippen LogP contribution in [0.25, 0.3) is 11.3 Å². The van der Waals surface area contributed by atoms with Crippen LogP contribution >= 0.6 is 11.3 Å². The molecule has 1 aliphatic heterocycles. The van der Waals surface area contributed by atoms with Gasteiger partial charge in [0.2, 0.25) is 5.91 Å². The number of carbonyl (C=O) groups is 1. The van der Waals surface area contributed by atoms with E-state index in [9.17, 15) is 4.79 Å². The monoisotopic (exact) mass is 331 g/mol. The number of hydrogen-bond acceptors (Lipinski definition) is 5. The van der Waals surface area contributed by atoms with E-state index in [0.717, 1.165) is 22.6 Å². The molecule has 2 aromatic rings. The maximum atomic E-state index is 12.5. The van der Waals surface area contributed by atoms with E-state index in [1.807, 2.05) is 30.3 Å². The first-order valence-electron chi connectivity index (χ1n) is 7.85. The summed E-state index contributed by atoms with van der Waals surface area (Å²) in [6.07, 6.45) is 1.95. The normalized spacial score (nSPS) is 17.0. The number of nitrogens with two attached hydrogens (primary N) is 1. The highest BCUT2D eigenvalue weighted by molar-refractivity contribution is 7.16. The second-order valence-corrected chi connectivity index (χ2v) is 6.82. The average molecular weight is 331 g/mol. The van der Waals surface area contributed by atoms with Crippen molar-refractivity contribution in [1.82, 2.24) is 4.98 Å². The second-order valence-electron chi connectivity index (χ2n) is 5.73. The number of benzene rings is 1. The van der Waals surface area contributed by atoms with Crippen molar-refractivity contribution in [3.63, 3.8) is 0 Å². The molecule has 2 heterocycles. The molecule has 0 saturated carbocycles. The lowest BCUT2D eigenvalue weighted by Crippen LogP contribution is -2.54. The van der Waals surface area contributed by atoms with Gasteiger partial charge in [0.05, 0.1) is 5.69 Å². The van der Waals surface area contributed by atoms with E-state index >= 15 is 0 Å². The highest BCUT2D eigenvalue weighted by Crippen LogP contribution is 2.32. The summed E-state index contributed by atoms with van der Waals surface area (Å²) in [4.78, 5) is 18.3. The standard InChI is InChI=1S/C17H21N3O2S/c1-2-13-14(12-6-4-3-5-7-12)19-16(23-13)20-15(21)17(18)8-10-22-11-9-17/h3-7H,2,8-11,18H2,1H3,(H,19,20,21). The number of anilines is 1. The molecule has 0 radical (unpaired) electrons. The van der Waals surface area contributed by atoms with Crippen molar-refractivity contribution in [3.8, 4) is 11.3 Å². The van der Waals surface area contributed by atoms with Crippen molar-refractivity contribution in [3.05, 3.63) is 35.2 Å². The van der Waals surface area contributed by atoms with Crippen LogP contribution in [0.4, 0.5) is 5.13 Å². The summed E-state index contributed by atoms with van der Waals surface area (Å²) in [7, 11) is 0. The lowest BCUT2D eigenvalue weighted by atomic mass is 9.90. The van der Waals surface area contributed by atoms with Gasteiger partial charge in [-0.05, 0) is 19.3 Å². The lowest BCUT2D eigenvalue weighted by Gasteiger charge is -2.31. The van der Waals surface area contributed by atoms with Crippen LogP contribution in [-0.4, -0.2) is 29.6 Å². The van der Waals surface area contributed by atoms with Gasteiger partial charge in [-0.3, -0.25) is 4.79 Å². The molecule has 1 fully saturated rings. The van der Waals surface area contributed by atoms with Crippen molar-refractivity contribution in [2.75, 3.05) is 18.5 Å². The fraction of sp³-hybridized carbons (Fsp3) is 0.412. The van der Waals surface area contributed by atoms with E-state index in [4.69, 9.17) is 10.5 Å². The predicted octanol–water partition coefficient (Wildman–Crippen LogP) is 2.82. The molecule has 3 rings (SSSR count). The average Bonchev–Trinajstić information content (AvgIpc) is 2.99. The molecule has 1 saturated heterocycles. The van der Waals surface area contributed by atoms with Crippen LogP contribution in [0.1, 0.15) is 24.6 Å². The van der Waals surface area contributed by atoms with Crippen LogP contribution in [0, 0.1) is 0 Å². The molecule has 1 amide bonds. The summed E-state index contributed by atoms with van der Waals surface area (Å²) in [5.74, 6) is -0.170. The number of rotatable bonds is 4.